The third-order valence-electron chi connectivity index (χ3n) is 4.31. The number of hydrogen-bond acceptors (Lipinski definition) is 2. The van der Waals surface area contributed by atoms with E-state index in [-0.39, 0.29) is 11.9 Å². The second-order valence-corrected chi connectivity index (χ2v) is 7.30. The van der Waals surface area contributed by atoms with Crippen LogP contribution >= 0.6 is 11.3 Å². The molecule has 0 saturated heterocycles. The standard InChI is InChI=1S/C19H23NOS/c1-14(11-12-15-7-3-2-4-8-15)20-19(21)18-13-16-9-5-6-10-17(16)22-18/h2-4,7-8,13-14H,5-6,9-12H2,1H3,(H,20,21)/t14-/m0/s1. The van der Waals surface area contributed by atoms with Crippen molar-refractivity contribution in [3.8, 4) is 0 Å². The molecule has 116 valence electrons. The Morgan fingerprint density at radius 1 is 1.23 bits per heavy atom. The van der Waals surface area contributed by atoms with Crippen LogP contribution in [0.3, 0.4) is 0 Å². The van der Waals surface area contributed by atoms with Gasteiger partial charge >= 0.3 is 0 Å². The smallest absolute Gasteiger partial charge is 0.261 e. The molecule has 1 aromatic heterocycles. The second kappa shape index (κ2) is 7.10. The molecule has 1 aliphatic rings. The van der Waals surface area contributed by atoms with Crippen molar-refractivity contribution in [2.45, 2.75) is 51.5 Å². The number of fused-ring (bicyclic) bond motifs is 1. The summed E-state index contributed by atoms with van der Waals surface area (Å²) in [5.41, 5.74) is 2.73. The largest absolute Gasteiger partial charge is 0.349 e. The van der Waals surface area contributed by atoms with Crippen molar-refractivity contribution in [2.24, 2.45) is 0 Å². The highest BCUT2D eigenvalue weighted by molar-refractivity contribution is 7.14. The zero-order chi connectivity index (χ0) is 15.4. The zero-order valence-corrected chi connectivity index (χ0v) is 13.9. The Bertz CT molecular complexity index is 609. The number of aryl methyl sites for hydroxylation is 3. The molecule has 1 N–H and O–H groups in total. The minimum atomic E-state index is 0.0972. The van der Waals surface area contributed by atoms with E-state index in [4.69, 9.17) is 0 Å². The Morgan fingerprint density at radius 2 is 2.00 bits per heavy atom. The van der Waals surface area contributed by atoms with Gasteiger partial charge in [0.25, 0.3) is 5.91 Å². The van der Waals surface area contributed by atoms with E-state index >= 15 is 0 Å². The van der Waals surface area contributed by atoms with Gasteiger partial charge in [0.05, 0.1) is 4.88 Å². The Labute approximate surface area is 136 Å². The van der Waals surface area contributed by atoms with Gasteiger partial charge < -0.3 is 5.32 Å². The molecule has 2 aromatic rings. The highest BCUT2D eigenvalue weighted by atomic mass is 32.1. The van der Waals surface area contributed by atoms with Gasteiger partial charge in [-0.1, -0.05) is 30.3 Å². The Hall–Kier alpha value is -1.61. The van der Waals surface area contributed by atoms with Crippen LogP contribution in [-0.4, -0.2) is 11.9 Å². The molecular formula is C19H23NOS. The summed E-state index contributed by atoms with van der Waals surface area (Å²) in [5, 5.41) is 3.15. The van der Waals surface area contributed by atoms with E-state index in [2.05, 4.69) is 42.6 Å². The van der Waals surface area contributed by atoms with Crippen LogP contribution in [0.2, 0.25) is 0 Å². The molecule has 1 atom stereocenters. The number of benzene rings is 1. The first-order valence-corrected chi connectivity index (χ1v) is 9.00. The number of amides is 1. The van der Waals surface area contributed by atoms with Crippen LogP contribution in [0.4, 0.5) is 0 Å². The predicted molar refractivity (Wildman–Crippen MR) is 92.7 cm³/mol. The van der Waals surface area contributed by atoms with Gasteiger partial charge in [0.1, 0.15) is 0 Å². The van der Waals surface area contributed by atoms with Crippen molar-refractivity contribution in [2.75, 3.05) is 0 Å². The predicted octanol–water partition coefficient (Wildman–Crippen LogP) is 4.38. The summed E-state index contributed by atoms with van der Waals surface area (Å²) in [4.78, 5) is 14.7. The summed E-state index contributed by atoms with van der Waals surface area (Å²) in [6.45, 7) is 2.09. The van der Waals surface area contributed by atoms with Crippen LogP contribution in [-0.2, 0) is 19.3 Å². The van der Waals surface area contributed by atoms with Gasteiger partial charge in [0.15, 0.2) is 0 Å². The van der Waals surface area contributed by atoms with Crippen molar-refractivity contribution in [1.82, 2.24) is 5.32 Å². The summed E-state index contributed by atoms with van der Waals surface area (Å²) in [6, 6.07) is 12.8. The fourth-order valence-electron chi connectivity index (χ4n) is 3.00. The van der Waals surface area contributed by atoms with Gasteiger partial charge in [-0.05, 0) is 62.6 Å². The molecule has 3 heteroatoms. The summed E-state index contributed by atoms with van der Waals surface area (Å²) in [7, 11) is 0. The van der Waals surface area contributed by atoms with Crippen molar-refractivity contribution in [1.29, 1.82) is 0 Å². The topological polar surface area (TPSA) is 29.1 Å². The molecule has 1 aromatic carbocycles. The molecule has 2 nitrogen and oxygen atoms in total. The third kappa shape index (κ3) is 3.77. The third-order valence-corrected chi connectivity index (χ3v) is 5.54. The van der Waals surface area contributed by atoms with Gasteiger partial charge in [-0.15, -0.1) is 11.3 Å². The van der Waals surface area contributed by atoms with Gasteiger partial charge in [-0.3, -0.25) is 4.79 Å². The molecule has 0 unspecified atom stereocenters. The molecule has 22 heavy (non-hydrogen) atoms. The highest BCUT2D eigenvalue weighted by Gasteiger charge is 2.18. The molecule has 1 aliphatic carbocycles. The minimum Gasteiger partial charge on any atom is -0.349 e. The summed E-state index contributed by atoms with van der Waals surface area (Å²) in [5.74, 6) is 0.0972. The number of carbonyl (C=O) groups excluding carboxylic acids is 1. The van der Waals surface area contributed by atoms with Crippen LogP contribution in [0.15, 0.2) is 36.4 Å². The maximum absolute atomic E-state index is 12.4. The van der Waals surface area contributed by atoms with E-state index in [1.807, 2.05) is 6.07 Å². The van der Waals surface area contributed by atoms with Crippen molar-refractivity contribution in [3.63, 3.8) is 0 Å². The van der Waals surface area contributed by atoms with Gasteiger partial charge in [-0.25, -0.2) is 0 Å². The Kier molecular flexibility index (Phi) is 4.94. The first-order valence-electron chi connectivity index (χ1n) is 8.19. The lowest BCUT2D eigenvalue weighted by molar-refractivity contribution is 0.0942. The second-order valence-electron chi connectivity index (χ2n) is 6.16. The van der Waals surface area contributed by atoms with E-state index in [0.29, 0.717) is 0 Å². The number of rotatable bonds is 5. The molecule has 1 heterocycles. The maximum atomic E-state index is 12.4. The average Bonchev–Trinajstić information content (AvgIpc) is 2.98. The van der Waals surface area contributed by atoms with E-state index in [9.17, 15) is 4.79 Å². The lowest BCUT2D eigenvalue weighted by Gasteiger charge is -2.13. The first kappa shape index (κ1) is 15.3. The maximum Gasteiger partial charge on any atom is 0.261 e. The molecule has 3 rings (SSSR count). The number of hydrogen-bond donors (Lipinski definition) is 1. The van der Waals surface area contributed by atoms with Crippen LogP contribution in [0.25, 0.3) is 0 Å². The quantitative estimate of drug-likeness (QED) is 0.872. The zero-order valence-electron chi connectivity index (χ0n) is 13.1. The van der Waals surface area contributed by atoms with E-state index in [1.54, 1.807) is 11.3 Å². The van der Waals surface area contributed by atoms with Gasteiger partial charge in [0, 0.05) is 10.9 Å². The van der Waals surface area contributed by atoms with Crippen LogP contribution < -0.4 is 5.32 Å². The van der Waals surface area contributed by atoms with Crippen LogP contribution in [0.5, 0.6) is 0 Å². The fourth-order valence-corrected chi connectivity index (χ4v) is 4.15. The molecule has 0 fully saturated rings. The molecule has 0 bridgehead atoms. The summed E-state index contributed by atoms with van der Waals surface area (Å²) < 4.78 is 0. The van der Waals surface area contributed by atoms with Gasteiger partial charge in [0.2, 0.25) is 0 Å². The van der Waals surface area contributed by atoms with E-state index in [0.717, 1.165) is 30.6 Å². The minimum absolute atomic E-state index is 0.0972. The SMILES string of the molecule is C[C@@H](CCc1ccccc1)NC(=O)c1cc2c(s1)CCCC2. The normalized spacial score (nSPS) is 15.1. The van der Waals surface area contributed by atoms with Crippen molar-refractivity contribution >= 4 is 17.2 Å². The lowest BCUT2D eigenvalue weighted by atomic mass is 9.99. The van der Waals surface area contributed by atoms with Crippen molar-refractivity contribution in [3.05, 3.63) is 57.3 Å². The van der Waals surface area contributed by atoms with E-state index in [1.165, 1.54) is 28.8 Å². The molecule has 0 saturated carbocycles. The average molecular weight is 313 g/mol. The highest BCUT2D eigenvalue weighted by Crippen LogP contribution is 2.29. The lowest BCUT2D eigenvalue weighted by Crippen LogP contribution is -2.32. The number of carbonyl (C=O) groups is 1. The Balaban J connectivity index is 1.53. The van der Waals surface area contributed by atoms with Crippen LogP contribution in [0.1, 0.15) is 51.9 Å². The monoisotopic (exact) mass is 313 g/mol. The van der Waals surface area contributed by atoms with Gasteiger partial charge in [-0.2, -0.15) is 0 Å². The molecule has 0 aliphatic heterocycles. The van der Waals surface area contributed by atoms with Crippen LogP contribution in [0, 0.1) is 0 Å². The van der Waals surface area contributed by atoms with E-state index < -0.39 is 0 Å². The summed E-state index contributed by atoms with van der Waals surface area (Å²) in [6.07, 6.45) is 6.80. The fraction of sp³-hybridized carbons (Fsp3) is 0.421. The Morgan fingerprint density at radius 3 is 2.77 bits per heavy atom. The summed E-state index contributed by atoms with van der Waals surface area (Å²) >= 11 is 1.69. The first-order chi connectivity index (χ1) is 10.7. The number of nitrogens with one attached hydrogen (secondary N) is 1. The molecule has 1 amide bonds. The molecular weight excluding hydrogens is 290 g/mol. The molecule has 0 spiro atoms. The number of thiophene rings is 1. The van der Waals surface area contributed by atoms with Crippen molar-refractivity contribution < 1.29 is 4.79 Å². The molecule has 0 radical (unpaired) electrons.